The minimum Gasteiger partial charge on any atom is -0.383 e. The molecule has 2 N–H and O–H groups in total. The number of methoxy groups -OCH3 is 1. The fraction of sp³-hybridized carbons (Fsp3) is 0.158. The highest BCUT2D eigenvalue weighted by atomic mass is 19.1. The summed E-state index contributed by atoms with van der Waals surface area (Å²) in [4.78, 5) is 12.8. The van der Waals surface area contributed by atoms with Crippen LogP contribution in [0.1, 0.15) is 17.0 Å². The number of hydrogen-bond acceptors (Lipinski definition) is 6. The molecule has 0 aliphatic heterocycles. The Morgan fingerprint density at radius 2 is 1.81 bits per heavy atom. The Bertz CT molecular complexity index is 979. The first kappa shape index (κ1) is 17.5. The minimum absolute atomic E-state index is 0.105. The Morgan fingerprint density at radius 1 is 1.15 bits per heavy atom. The van der Waals surface area contributed by atoms with Crippen LogP contribution in [0.25, 0.3) is 22.4 Å². The van der Waals surface area contributed by atoms with Crippen LogP contribution in [-0.2, 0) is 11.3 Å². The molecule has 1 aromatic carbocycles. The van der Waals surface area contributed by atoms with E-state index in [1.807, 2.05) is 6.92 Å². The molecule has 0 bridgehead atoms. The fourth-order valence-corrected chi connectivity index (χ4v) is 2.74. The number of anilines is 1. The van der Waals surface area contributed by atoms with Gasteiger partial charge in [-0.3, -0.25) is 0 Å². The molecule has 0 unspecified atom stereocenters. The van der Waals surface area contributed by atoms with Crippen molar-refractivity contribution in [3.8, 4) is 28.5 Å². The summed E-state index contributed by atoms with van der Waals surface area (Å²) in [5.74, 6) is 0.303. The Hall–Kier alpha value is -3.37. The number of pyridine rings is 1. The molecule has 0 saturated heterocycles. The lowest BCUT2D eigenvalue weighted by Gasteiger charge is -2.15. The quantitative estimate of drug-likeness (QED) is 0.776. The molecular formula is C19H16FN5O. The second-order valence-electron chi connectivity index (χ2n) is 5.66. The largest absolute Gasteiger partial charge is 0.383 e. The second kappa shape index (κ2) is 7.25. The molecular weight excluding hydrogens is 333 g/mol. The number of nitrogens with two attached hydrogens (primary N) is 1. The maximum absolute atomic E-state index is 13.2. The van der Waals surface area contributed by atoms with Gasteiger partial charge in [0.25, 0.3) is 0 Å². The summed E-state index contributed by atoms with van der Waals surface area (Å²) >= 11 is 0. The van der Waals surface area contributed by atoms with Crippen LogP contribution >= 0.6 is 0 Å². The minimum atomic E-state index is -0.338. The average molecular weight is 349 g/mol. The van der Waals surface area contributed by atoms with Gasteiger partial charge in [-0.15, -0.1) is 0 Å². The number of ether oxygens (including phenoxy) is 1. The van der Waals surface area contributed by atoms with Gasteiger partial charge in [-0.25, -0.2) is 19.3 Å². The number of nitrogens with zero attached hydrogens (tertiary/aromatic N) is 4. The van der Waals surface area contributed by atoms with E-state index in [1.54, 1.807) is 31.6 Å². The van der Waals surface area contributed by atoms with Crippen molar-refractivity contribution in [2.75, 3.05) is 12.8 Å². The normalized spacial score (nSPS) is 10.5. The van der Waals surface area contributed by atoms with Crippen LogP contribution in [0.15, 0.2) is 36.7 Å². The monoisotopic (exact) mass is 349 g/mol. The lowest BCUT2D eigenvalue weighted by Crippen LogP contribution is -2.04. The van der Waals surface area contributed by atoms with Crippen LogP contribution in [0.2, 0.25) is 0 Å². The molecule has 3 aromatic rings. The van der Waals surface area contributed by atoms with E-state index in [1.165, 1.54) is 12.1 Å². The van der Waals surface area contributed by atoms with Gasteiger partial charge < -0.3 is 10.5 Å². The van der Waals surface area contributed by atoms with E-state index in [9.17, 15) is 9.65 Å². The molecule has 2 heterocycles. The van der Waals surface area contributed by atoms with E-state index in [4.69, 9.17) is 10.5 Å². The molecule has 0 spiro atoms. The van der Waals surface area contributed by atoms with Gasteiger partial charge in [-0.05, 0) is 36.8 Å². The maximum Gasteiger partial charge on any atom is 0.153 e. The second-order valence-corrected chi connectivity index (χ2v) is 5.66. The summed E-state index contributed by atoms with van der Waals surface area (Å²) in [7, 11) is 1.56. The Balaban J connectivity index is 2.20. The first-order chi connectivity index (χ1) is 12.5. The predicted molar refractivity (Wildman–Crippen MR) is 95.2 cm³/mol. The summed E-state index contributed by atoms with van der Waals surface area (Å²) in [6.07, 6.45) is 3.25. The molecule has 0 saturated carbocycles. The molecule has 0 aliphatic carbocycles. The first-order valence-corrected chi connectivity index (χ1v) is 7.81. The van der Waals surface area contributed by atoms with Crippen molar-refractivity contribution < 1.29 is 9.13 Å². The van der Waals surface area contributed by atoms with E-state index in [0.29, 0.717) is 34.8 Å². The highest BCUT2D eigenvalue weighted by Gasteiger charge is 2.19. The van der Waals surface area contributed by atoms with E-state index in [0.717, 1.165) is 5.56 Å². The molecule has 26 heavy (non-hydrogen) atoms. The predicted octanol–water partition coefficient (Wildman–Crippen LogP) is 3.25. The standard InChI is InChI=1S/C19H16FN5O/c1-11-17(13-8-23-16(10-26-2)24-9-13)15(7-21)19(22)25-18(11)12-3-5-14(20)6-4-12/h3-6,8-9H,10H2,1-2H3,(H2,22,25). The number of aromatic nitrogens is 3. The van der Waals surface area contributed by atoms with E-state index >= 15 is 0 Å². The molecule has 3 rings (SSSR count). The summed E-state index contributed by atoms with van der Waals surface area (Å²) in [6, 6.07) is 8.06. The van der Waals surface area contributed by atoms with Crippen LogP contribution in [0.3, 0.4) is 0 Å². The molecule has 0 radical (unpaired) electrons. The van der Waals surface area contributed by atoms with Gasteiger partial charge in [0.15, 0.2) is 5.82 Å². The first-order valence-electron chi connectivity index (χ1n) is 7.81. The number of nitrogen functional groups attached to an aromatic ring is 1. The number of halogens is 1. The van der Waals surface area contributed by atoms with E-state index in [2.05, 4.69) is 21.0 Å². The third-order valence-electron chi connectivity index (χ3n) is 3.97. The van der Waals surface area contributed by atoms with Crippen LogP contribution < -0.4 is 5.73 Å². The lowest BCUT2D eigenvalue weighted by atomic mass is 9.94. The number of benzene rings is 1. The van der Waals surface area contributed by atoms with Crippen LogP contribution in [0.5, 0.6) is 0 Å². The van der Waals surface area contributed by atoms with Crippen molar-refractivity contribution in [3.05, 3.63) is 59.4 Å². The van der Waals surface area contributed by atoms with Crippen molar-refractivity contribution >= 4 is 5.82 Å². The van der Waals surface area contributed by atoms with Gasteiger partial charge in [0, 0.05) is 36.2 Å². The average Bonchev–Trinajstić information content (AvgIpc) is 2.65. The number of nitriles is 1. The molecule has 6 nitrogen and oxygen atoms in total. The molecule has 0 aliphatic rings. The fourth-order valence-electron chi connectivity index (χ4n) is 2.74. The van der Waals surface area contributed by atoms with Gasteiger partial charge in [-0.2, -0.15) is 5.26 Å². The lowest BCUT2D eigenvalue weighted by molar-refractivity contribution is 0.178. The third-order valence-corrected chi connectivity index (χ3v) is 3.97. The van der Waals surface area contributed by atoms with E-state index < -0.39 is 0 Å². The third kappa shape index (κ3) is 3.23. The summed E-state index contributed by atoms with van der Waals surface area (Å²) in [6.45, 7) is 2.13. The number of rotatable bonds is 4. The molecule has 7 heteroatoms. The van der Waals surface area contributed by atoms with Crippen molar-refractivity contribution in [3.63, 3.8) is 0 Å². The Labute approximate surface area is 150 Å². The summed E-state index contributed by atoms with van der Waals surface area (Å²) in [5, 5.41) is 9.54. The van der Waals surface area contributed by atoms with Crippen molar-refractivity contribution in [1.82, 2.24) is 15.0 Å². The van der Waals surface area contributed by atoms with Crippen molar-refractivity contribution in [1.29, 1.82) is 5.26 Å². The Kier molecular flexibility index (Phi) is 4.87. The van der Waals surface area contributed by atoms with Gasteiger partial charge in [0.2, 0.25) is 0 Å². The van der Waals surface area contributed by atoms with E-state index in [-0.39, 0.29) is 17.2 Å². The van der Waals surface area contributed by atoms with Gasteiger partial charge >= 0.3 is 0 Å². The zero-order valence-electron chi connectivity index (χ0n) is 14.3. The zero-order chi connectivity index (χ0) is 18.7. The van der Waals surface area contributed by atoms with Crippen molar-refractivity contribution in [2.24, 2.45) is 0 Å². The SMILES string of the molecule is COCc1ncc(-c2c(C)c(-c3ccc(F)cc3)nc(N)c2C#N)cn1. The van der Waals surface area contributed by atoms with Gasteiger partial charge in [0.1, 0.15) is 29.9 Å². The van der Waals surface area contributed by atoms with Gasteiger partial charge in [-0.1, -0.05) is 0 Å². The zero-order valence-corrected chi connectivity index (χ0v) is 14.3. The van der Waals surface area contributed by atoms with Crippen LogP contribution in [-0.4, -0.2) is 22.1 Å². The molecule has 0 amide bonds. The van der Waals surface area contributed by atoms with Crippen LogP contribution in [0.4, 0.5) is 10.2 Å². The van der Waals surface area contributed by atoms with Gasteiger partial charge in [0.05, 0.1) is 5.69 Å². The highest BCUT2D eigenvalue weighted by molar-refractivity contribution is 5.83. The molecule has 0 fully saturated rings. The molecule has 2 aromatic heterocycles. The van der Waals surface area contributed by atoms with Crippen LogP contribution in [0, 0.1) is 24.1 Å². The smallest absolute Gasteiger partial charge is 0.153 e. The topological polar surface area (TPSA) is 97.7 Å². The highest BCUT2D eigenvalue weighted by Crippen LogP contribution is 2.35. The number of hydrogen-bond donors (Lipinski definition) is 1. The molecule has 0 atom stereocenters. The van der Waals surface area contributed by atoms with Crippen molar-refractivity contribution in [2.45, 2.75) is 13.5 Å². The summed E-state index contributed by atoms with van der Waals surface area (Å²) < 4.78 is 18.2. The maximum atomic E-state index is 13.2. The summed E-state index contributed by atoms with van der Waals surface area (Å²) in [5.41, 5.74) is 9.57. The Morgan fingerprint density at radius 3 is 2.38 bits per heavy atom. The molecule has 130 valence electrons.